The fourth-order valence-electron chi connectivity index (χ4n) is 4.86. The molecule has 1 unspecified atom stereocenters. The van der Waals surface area contributed by atoms with Crippen LogP contribution in [-0.4, -0.2) is 30.7 Å². The molecule has 1 N–H and O–H groups in total. The van der Waals surface area contributed by atoms with Gasteiger partial charge < -0.3 is 19.4 Å². The maximum absolute atomic E-state index is 13.5. The summed E-state index contributed by atoms with van der Waals surface area (Å²) in [7, 11) is 1.61. The normalized spacial score (nSPS) is 11.9. The maximum atomic E-state index is 13.5. The molecule has 0 spiro atoms. The van der Waals surface area contributed by atoms with E-state index in [4.69, 9.17) is 21.1 Å². The highest BCUT2D eigenvalue weighted by Gasteiger charge is 2.23. The summed E-state index contributed by atoms with van der Waals surface area (Å²) < 4.78 is 26.9. The van der Waals surface area contributed by atoms with Crippen LogP contribution >= 0.6 is 11.6 Å². The molecule has 0 saturated heterocycles. The third-order valence-electron chi connectivity index (χ3n) is 6.79. The number of benzene rings is 4. The van der Waals surface area contributed by atoms with Crippen LogP contribution in [0.15, 0.2) is 103 Å². The quantitative estimate of drug-likeness (QED) is 0.171. The lowest BCUT2D eigenvalue weighted by Crippen LogP contribution is -2.28. The van der Waals surface area contributed by atoms with Gasteiger partial charge in [0.05, 0.1) is 6.61 Å². The topological polar surface area (TPSA) is 52.5 Å². The summed E-state index contributed by atoms with van der Waals surface area (Å²) in [5.41, 5.74) is 4.02. The average molecular weight is 557 g/mol. The molecule has 7 heteroatoms. The van der Waals surface area contributed by atoms with Crippen LogP contribution in [-0.2, 0) is 16.1 Å². The number of amides is 1. The van der Waals surface area contributed by atoms with E-state index in [1.54, 1.807) is 31.4 Å². The summed E-state index contributed by atoms with van der Waals surface area (Å²) >= 11 is 6.03. The highest BCUT2D eigenvalue weighted by atomic mass is 35.5. The lowest BCUT2D eigenvalue weighted by molar-refractivity contribution is -0.121. The van der Waals surface area contributed by atoms with Crippen molar-refractivity contribution in [3.63, 3.8) is 0 Å². The Morgan fingerprint density at radius 3 is 2.50 bits per heavy atom. The molecule has 5 nitrogen and oxygen atoms in total. The van der Waals surface area contributed by atoms with Gasteiger partial charge in [0.15, 0.2) is 0 Å². The van der Waals surface area contributed by atoms with Gasteiger partial charge in [-0.15, -0.1) is 0 Å². The number of hydrogen-bond donors (Lipinski definition) is 1. The highest BCUT2D eigenvalue weighted by molar-refractivity contribution is 6.30. The number of carbonyl (C=O) groups is 1. The largest absolute Gasteiger partial charge is 0.457 e. The molecule has 1 atom stereocenters. The predicted octanol–water partition coefficient (Wildman–Crippen LogP) is 7.56. The average Bonchev–Trinajstić information content (AvgIpc) is 3.32. The van der Waals surface area contributed by atoms with Crippen LogP contribution < -0.4 is 10.1 Å². The standard InChI is InChI=1S/C33H30ClFN2O3/c1-39-18-17-36-33(38)20-30(24-5-4-6-28(19-24)40-27-15-11-25(34)12-16-27)31-22-37(32-8-3-2-7-29(31)32)21-23-9-13-26(35)14-10-23/h2-16,19,22,30H,17-18,20-21H2,1H3,(H,36,38). The Balaban J connectivity index is 1.52. The zero-order valence-corrected chi connectivity index (χ0v) is 22.9. The number of ether oxygens (including phenoxy) is 2. The fraction of sp³-hybridized carbons (Fsp3) is 0.182. The van der Waals surface area contributed by atoms with Crippen molar-refractivity contribution in [2.45, 2.75) is 18.9 Å². The van der Waals surface area contributed by atoms with Crippen LogP contribution in [0.25, 0.3) is 10.9 Å². The molecule has 0 fully saturated rings. The number of para-hydroxylation sites is 1. The number of halogens is 2. The van der Waals surface area contributed by atoms with E-state index >= 15 is 0 Å². The van der Waals surface area contributed by atoms with Gasteiger partial charge >= 0.3 is 0 Å². The van der Waals surface area contributed by atoms with Gasteiger partial charge in [-0.05, 0) is 71.3 Å². The van der Waals surface area contributed by atoms with Crippen LogP contribution in [0, 0.1) is 5.82 Å². The van der Waals surface area contributed by atoms with E-state index in [0.29, 0.717) is 36.2 Å². The Bertz CT molecular complexity index is 1580. The first-order chi connectivity index (χ1) is 19.5. The van der Waals surface area contributed by atoms with E-state index < -0.39 is 0 Å². The van der Waals surface area contributed by atoms with Crippen molar-refractivity contribution in [2.24, 2.45) is 0 Å². The molecule has 0 aliphatic rings. The minimum atomic E-state index is -0.262. The molecular formula is C33H30ClFN2O3. The predicted molar refractivity (Wildman–Crippen MR) is 157 cm³/mol. The molecule has 0 aliphatic carbocycles. The molecule has 4 aromatic carbocycles. The van der Waals surface area contributed by atoms with E-state index in [2.05, 4.69) is 28.2 Å². The zero-order valence-electron chi connectivity index (χ0n) is 22.1. The lowest BCUT2D eigenvalue weighted by Gasteiger charge is -2.18. The smallest absolute Gasteiger partial charge is 0.221 e. The Labute approximate surface area is 238 Å². The molecule has 40 heavy (non-hydrogen) atoms. The number of carbonyl (C=O) groups excluding carboxylic acids is 1. The zero-order chi connectivity index (χ0) is 27.9. The van der Waals surface area contributed by atoms with E-state index in [1.165, 1.54) is 12.1 Å². The molecular weight excluding hydrogens is 527 g/mol. The third kappa shape index (κ3) is 6.71. The summed E-state index contributed by atoms with van der Waals surface area (Å²) in [4.78, 5) is 13.1. The molecule has 0 aliphatic heterocycles. The van der Waals surface area contributed by atoms with Crippen molar-refractivity contribution in [1.29, 1.82) is 0 Å². The molecule has 1 heterocycles. The number of nitrogens with zero attached hydrogens (tertiary/aromatic N) is 1. The van der Waals surface area contributed by atoms with Gasteiger partial charge in [-0.2, -0.15) is 0 Å². The van der Waals surface area contributed by atoms with Crippen molar-refractivity contribution >= 4 is 28.4 Å². The van der Waals surface area contributed by atoms with E-state index in [1.807, 2.05) is 48.5 Å². The maximum Gasteiger partial charge on any atom is 0.221 e. The van der Waals surface area contributed by atoms with Gasteiger partial charge in [0, 0.05) is 54.7 Å². The lowest BCUT2D eigenvalue weighted by atomic mass is 9.88. The molecule has 0 bridgehead atoms. The first-order valence-electron chi connectivity index (χ1n) is 13.1. The summed E-state index contributed by atoms with van der Waals surface area (Å²) in [5.74, 6) is 0.769. The Morgan fingerprint density at radius 1 is 0.950 bits per heavy atom. The minimum absolute atomic E-state index is 0.0681. The van der Waals surface area contributed by atoms with Gasteiger partial charge in [-0.1, -0.05) is 54.1 Å². The van der Waals surface area contributed by atoms with Crippen molar-refractivity contribution in [1.82, 2.24) is 9.88 Å². The van der Waals surface area contributed by atoms with Crippen LogP contribution in [0.3, 0.4) is 0 Å². The van der Waals surface area contributed by atoms with Gasteiger partial charge in [0.1, 0.15) is 17.3 Å². The highest BCUT2D eigenvalue weighted by Crippen LogP contribution is 2.37. The minimum Gasteiger partial charge on any atom is -0.457 e. The van der Waals surface area contributed by atoms with Gasteiger partial charge in [-0.25, -0.2) is 4.39 Å². The molecule has 204 valence electrons. The van der Waals surface area contributed by atoms with Gasteiger partial charge in [-0.3, -0.25) is 4.79 Å². The molecule has 0 saturated carbocycles. The SMILES string of the molecule is COCCNC(=O)CC(c1cccc(Oc2ccc(Cl)cc2)c1)c1cn(Cc2ccc(F)cc2)c2ccccc12. The van der Waals surface area contributed by atoms with Crippen LogP contribution in [0.1, 0.15) is 29.0 Å². The van der Waals surface area contributed by atoms with Crippen LogP contribution in [0.5, 0.6) is 11.5 Å². The third-order valence-corrected chi connectivity index (χ3v) is 7.04. The number of rotatable bonds is 11. The Hall–Kier alpha value is -4.13. The van der Waals surface area contributed by atoms with E-state index in [0.717, 1.165) is 27.6 Å². The Morgan fingerprint density at radius 2 is 1.73 bits per heavy atom. The molecule has 1 aromatic heterocycles. The second-order valence-electron chi connectivity index (χ2n) is 9.58. The molecule has 5 rings (SSSR count). The first kappa shape index (κ1) is 27.4. The number of hydrogen-bond acceptors (Lipinski definition) is 3. The fourth-order valence-corrected chi connectivity index (χ4v) is 4.99. The number of methoxy groups -OCH3 is 1. The molecule has 0 radical (unpaired) electrons. The summed E-state index contributed by atoms with van der Waals surface area (Å²) in [6.07, 6.45) is 2.35. The van der Waals surface area contributed by atoms with Gasteiger partial charge in [0.25, 0.3) is 0 Å². The van der Waals surface area contributed by atoms with Crippen molar-refractivity contribution in [3.8, 4) is 11.5 Å². The monoisotopic (exact) mass is 556 g/mol. The van der Waals surface area contributed by atoms with Crippen molar-refractivity contribution in [2.75, 3.05) is 20.3 Å². The van der Waals surface area contributed by atoms with Crippen molar-refractivity contribution in [3.05, 3.63) is 131 Å². The number of nitrogens with one attached hydrogen (secondary N) is 1. The molecule has 1 amide bonds. The van der Waals surface area contributed by atoms with Crippen molar-refractivity contribution < 1.29 is 18.7 Å². The second-order valence-corrected chi connectivity index (χ2v) is 10.0. The van der Waals surface area contributed by atoms with Gasteiger partial charge in [0.2, 0.25) is 5.91 Å². The number of aromatic nitrogens is 1. The van der Waals surface area contributed by atoms with Crippen LogP contribution in [0.2, 0.25) is 5.02 Å². The summed E-state index contributed by atoms with van der Waals surface area (Å²) in [6.45, 7) is 1.46. The van der Waals surface area contributed by atoms with E-state index in [9.17, 15) is 9.18 Å². The second kappa shape index (κ2) is 12.8. The summed E-state index contributed by atoms with van der Waals surface area (Å²) in [5, 5.41) is 4.66. The van der Waals surface area contributed by atoms with E-state index in [-0.39, 0.29) is 24.1 Å². The number of fused-ring (bicyclic) bond motifs is 1. The van der Waals surface area contributed by atoms with Crippen LogP contribution in [0.4, 0.5) is 4.39 Å². The first-order valence-corrected chi connectivity index (χ1v) is 13.5. The Kier molecular flexibility index (Phi) is 8.79. The molecule has 5 aromatic rings. The summed E-state index contributed by atoms with van der Waals surface area (Å²) in [6, 6.07) is 29.7.